The molecule has 7 nitrogen and oxygen atoms in total. The summed E-state index contributed by atoms with van der Waals surface area (Å²) < 4.78 is 1.98. The summed E-state index contributed by atoms with van der Waals surface area (Å²) in [5.74, 6) is 0.450. The number of rotatable bonds is 6. The van der Waals surface area contributed by atoms with E-state index < -0.39 is 0 Å². The number of aromatic nitrogens is 3. The molecule has 3 heterocycles. The number of amides is 2. The number of likely N-dealkylation sites (tertiary alicyclic amines) is 1. The monoisotopic (exact) mass is 417 g/mol. The Kier molecular flexibility index (Phi) is 6.11. The fourth-order valence-electron chi connectivity index (χ4n) is 4.40. The highest BCUT2D eigenvalue weighted by molar-refractivity contribution is 5.85. The molecule has 0 radical (unpaired) electrons. The van der Waals surface area contributed by atoms with Crippen molar-refractivity contribution in [3.8, 4) is 5.69 Å². The Labute approximate surface area is 182 Å². The molecule has 7 heteroatoms. The van der Waals surface area contributed by atoms with Gasteiger partial charge in [-0.2, -0.15) is 0 Å². The first-order chi connectivity index (χ1) is 15.1. The topological polar surface area (TPSA) is 80.1 Å². The molecule has 4 rings (SSSR count). The van der Waals surface area contributed by atoms with E-state index in [0.717, 1.165) is 17.1 Å². The minimum Gasteiger partial charge on any atom is -0.346 e. The number of piperidine rings is 1. The Bertz CT molecular complexity index is 1030. The number of nitrogens with zero attached hydrogens (tertiary/aromatic N) is 4. The van der Waals surface area contributed by atoms with Gasteiger partial charge < -0.3 is 14.8 Å². The highest BCUT2D eigenvalue weighted by Crippen LogP contribution is 2.37. The third-order valence-corrected chi connectivity index (χ3v) is 5.88. The van der Waals surface area contributed by atoms with Crippen molar-refractivity contribution >= 4 is 11.8 Å². The third-order valence-electron chi connectivity index (χ3n) is 5.88. The molecule has 160 valence electrons. The van der Waals surface area contributed by atoms with Crippen LogP contribution in [0.2, 0.25) is 0 Å². The largest absolute Gasteiger partial charge is 0.346 e. The van der Waals surface area contributed by atoms with E-state index in [1.807, 2.05) is 67.1 Å². The van der Waals surface area contributed by atoms with Crippen molar-refractivity contribution in [3.63, 3.8) is 0 Å². The van der Waals surface area contributed by atoms with Gasteiger partial charge in [0.05, 0.1) is 18.0 Å². The number of benzene rings is 1. The average Bonchev–Trinajstić information content (AvgIpc) is 3.30. The molecule has 0 bridgehead atoms. The molecule has 1 aliphatic heterocycles. The summed E-state index contributed by atoms with van der Waals surface area (Å²) in [6.45, 7) is 4.45. The average molecular weight is 418 g/mol. The minimum atomic E-state index is -0.331. The van der Waals surface area contributed by atoms with Gasteiger partial charge in [-0.1, -0.05) is 18.2 Å². The lowest BCUT2D eigenvalue weighted by Crippen LogP contribution is -2.48. The fraction of sp³-hybridized carbons (Fsp3) is 0.333. The zero-order valence-electron chi connectivity index (χ0n) is 17.8. The van der Waals surface area contributed by atoms with Crippen molar-refractivity contribution in [1.29, 1.82) is 0 Å². The second kappa shape index (κ2) is 9.12. The molecule has 1 fully saturated rings. The second-order valence-electron chi connectivity index (χ2n) is 7.77. The lowest BCUT2D eigenvalue weighted by Gasteiger charge is -2.40. The number of carbonyl (C=O) groups excluding carboxylic acids is 2. The smallest absolute Gasteiger partial charge is 0.226 e. The molecule has 1 unspecified atom stereocenters. The zero-order valence-corrected chi connectivity index (χ0v) is 17.8. The fourth-order valence-corrected chi connectivity index (χ4v) is 4.40. The van der Waals surface area contributed by atoms with Crippen molar-refractivity contribution in [2.24, 2.45) is 5.92 Å². The molecule has 2 aromatic heterocycles. The highest BCUT2D eigenvalue weighted by Gasteiger charge is 2.40. The molecule has 1 aromatic carbocycles. The number of pyridine rings is 1. The van der Waals surface area contributed by atoms with Crippen LogP contribution in [0.25, 0.3) is 5.69 Å². The van der Waals surface area contributed by atoms with Gasteiger partial charge in [-0.05, 0) is 50.1 Å². The summed E-state index contributed by atoms with van der Waals surface area (Å²) in [5, 5.41) is 3.15. The Morgan fingerprint density at radius 1 is 1.16 bits per heavy atom. The van der Waals surface area contributed by atoms with E-state index in [1.54, 1.807) is 23.5 Å². The number of carbonyl (C=O) groups is 2. The van der Waals surface area contributed by atoms with E-state index in [4.69, 9.17) is 0 Å². The van der Waals surface area contributed by atoms with Crippen LogP contribution >= 0.6 is 0 Å². The van der Waals surface area contributed by atoms with Crippen LogP contribution in [0, 0.1) is 5.92 Å². The Balaban J connectivity index is 1.57. The normalized spacial score (nSPS) is 19.8. The van der Waals surface area contributed by atoms with Crippen LogP contribution in [0.1, 0.15) is 50.2 Å². The van der Waals surface area contributed by atoms with Crippen LogP contribution in [0.4, 0.5) is 0 Å². The van der Waals surface area contributed by atoms with Gasteiger partial charge in [-0.15, -0.1) is 0 Å². The SMILES string of the molecule is CCN1C(=O)CC[C@H](C(=O)NC(C)c2nccn2-c2ccccc2)[C@H]1c1ccncc1. The summed E-state index contributed by atoms with van der Waals surface area (Å²) >= 11 is 0. The molecular formula is C24H27N5O2. The summed E-state index contributed by atoms with van der Waals surface area (Å²) in [5.41, 5.74) is 1.93. The first kappa shape index (κ1) is 20.8. The molecule has 0 spiro atoms. The third kappa shape index (κ3) is 4.21. The Morgan fingerprint density at radius 2 is 1.90 bits per heavy atom. The number of para-hydroxylation sites is 1. The van der Waals surface area contributed by atoms with Crippen LogP contribution in [-0.2, 0) is 9.59 Å². The van der Waals surface area contributed by atoms with Crippen LogP contribution < -0.4 is 5.32 Å². The first-order valence-electron chi connectivity index (χ1n) is 10.7. The van der Waals surface area contributed by atoms with Gasteiger partial charge >= 0.3 is 0 Å². The second-order valence-corrected chi connectivity index (χ2v) is 7.77. The molecule has 1 saturated heterocycles. The van der Waals surface area contributed by atoms with Crippen molar-refractivity contribution in [1.82, 2.24) is 24.8 Å². The van der Waals surface area contributed by atoms with Crippen LogP contribution in [0.5, 0.6) is 0 Å². The number of hydrogen-bond donors (Lipinski definition) is 1. The van der Waals surface area contributed by atoms with Crippen molar-refractivity contribution in [2.45, 2.75) is 38.8 Å². The number of imidazole rings is 1. The van der Waals surface area contributed by atoms with Gasteiger partial charge in [0.2, 0.25) is 11.8 Å². The van der Waals surface area contributed by atoms with Crippen LogP contribution in [0.3, 0.4) is 0 Å². The van der Waals surface area contributed by atoms with E-state index in [9.17, 15) is 9.59 Å². The van der Waals surface area contributed by atoms with E-state index in [-0.39, 0.29) is 29.8 Å². The lowest BCUT2D eigenvalue weighted by molar-refractivity contribution is -0.143. The zero-order chi connectivity index (χ0) is 21.8. The van der Waals surface area contributed by atoms with E-state index in [2.05, 4.69) is 15.3 Å². The van der Waals surface area contributed by atoms with E-state index in [0.29, 0.717) is 19.4 Å². The maximum Gasteiger partial charge on any atom is 0.226 e. The predicted octanol–water partition coefficient (Wildman–Crippen LogP) is 3.44. The maximum absolute atomic E-state index is 13.4. The highest BCUT2D eigenvalue weighted by atomic mass is 16.2. The molecule has 2 amide bonds. The van der Waals surface area contributed by atoms with Gasteiger partial charge in [0.1, 0.15) is 5.82 Å². The molecule has 0 aliphatic carbocycles. The standard InChI is InChI=1S/C24H27N5O2/c1-3-28-21(30)10-9-20(22(28)18-11-13-25-14-12-18)24(31)27-17(2)23-26-15-16-29(23)19-7-5-4-6-8-19/h4-8,11-17,20,22H,3,9-10H2,1-2H3,(H,27,31)/t17?,20-,22+/m0/s1. The molecule has 3 atom stereocenters. The predicted molar refractivity (Wildman–Crippen MR) is 117 cm³/mol. The first-order valence-corrected chi connectivity index (χ1v) is 10.7. The summed E-state index contributed by atoms with van der Waals surface area (Å²) in [6, 6.07) is 13.1. The van der Waals surface area contributed by atoms with Crippen molar-refractivity contribution in [3.05, 3.63) is 78.6 Å². The molecule has 0 saturated carbocycles. The molecular weight excluding hydrogens is 390 g/mol. The lowest BCUT2D eigenvalue weighted by atomic mass is 9.83. The molecule has 1 aliphatic rings. The van der Waals surface area contributed by atoms with Gasteiger partial charge in [0.15, 0.2) is 0 Å². The van der Waals surface area contributed by atoms with E-state index in [1.165, 1.54) is 0 Å². The van der Waals surface area contributed by atoms with E-state index >= 15 is 0 Å². The quantitative estimate of drug-likeness (QED) is 0.666. The van der Waals surface area contributed by atoms with Crippen molar-refractivity contribution < 1.29 is 9.59 Å². The Morgan fingerprint density at radius 3 is 2.61 bits per heavy atom. The molecule has 3 aromatic rings. The van der Waals surface area contributed by atoms with Gasteiger partial charge in [-0.25, -0.2) is 4.98 Å². The summed E-state index contributed by atoms with van der Waals surface area (Å²) in [4.78, 5) is 36.3. The van der Waals surface area contributed by atoms with Crippen LogP contribution in [-0.4, -0.2) is 37.8 Å². The molecule has 1 N–H and O–H groups in total. The summed E-state index contributed by atoms with van der Waals surface area (Å²) in [7, 11) is 0. The number of nitrogens with one attached hydrogen (secondary N) is 1. The van der Waals surface area contributed by atoms with Crippen LogP contribution in [0.15, 0.2) is 67.3 Å². The molecule has 31 heavy (non-hydrogen) atoms. The maximum atomic E-state index is 13.4. The summed E-state index contributed by atoms with van der Waals surface area (Å²) in [6.07, 6.45) is 7.94. The number of hydrogen-bond acceptors (Lipinski definition) is 4. The van der Waals surface area contributed by atoms with Crippen molar-refractivity contribution in [2.75, 3.05) is 6.54 Å². The Hall–Kier alpha value is -3.48. The van der Waals surface area contributed by atoms with Gasteiger partial charge in [-0.3, -0.25) is 14.6 Å². The van der Waals surface area contributed by atoms with Gasteiger partial charge in [0.25, 0.3) is 0 Å². The minimum absolute atomic E-state index is 0.0668. The van der Waals surface area contributed by atoms with Gasteiger partial charge in [0, 0.05) is 43.4 Å².